The first-order chi connectivity index (χ1) is 6.15. The highest BCUT2D eigenvalue weighted by Crippen LogP contribution is 2.48. The Morgan fingerprint density at radius 3 is 2.62 bits per heavy atom. The van der Waals surface area contributed by atoms with E-state index in [0.717, 1.165) is 18.4 Å². The maximum absolute atomic E-state index is 9.99. The Morgan fingerprint density at radius 2 is 2.08 bits per heavy atom. The van der Waals surface area contributed by atoms with Gasteiger partial charge >= 0.3 is 0 Å². The summed E-state index contributed by atoms with van der Waals surface area (Å²) in [7, 11) is 0. The van der Waals surface area contributed by atoms with Crippen molar-refractivity contribution in [3.63, 3.8) is 0 Å². The number of thioether (sulfide) groups is 1. The molecular weight excluding hydrogens is 180 g/mol. The van der Waals surface area contributed by atoms with Crippen LogP contribution in [0.25, 0.3) is 0 Å². The summed E-state index contributed by atoms with van der Waals surface area (Å²) >= 11 is 1.72. The van der Waals surface area contributed by atoms with Gasteiger partial charge in [0.05, 0.1) is 5.60 Å². The van der Waals surface area contributed by atoms with Gasteiger partial charge in [-0.1, -0.05) is 12.1 Å². The summed E-state index contributed by atoms with van der Waals surface area (Å²) < 4.78 is 0. The molecule has 0 saturated heterocycles. The highest BCUT2D eigenvalue weighted by atomic mass is 32.2. The molecule has 1 N–H and O–H groups in total. The van der Waals surface area contributed by atoms with Gasteiger partial charge in [-0.2, -0.15) is 0 Å². The maximum Gasteiger partial charge on any atom is 0.0909 e. The molecule has 0 radical (unpaired) electrons. The largest absolute Gasteiger partial charge is 0.385 e. The minimum absolute atomic E-state index is 0.494. The van der Waals surface area contributed by atoms with Gasteiger partial charge in [0.2, 0.25) is 0 Å². The number of rotatable bonds is 2. The quantitative estimate of drug-likeness (QED) is 0.730. The fourth-order valence-corrected chi connectivity index (χ4v) is 2.35. The second kappa shape index (κ2) is 3.03. The Labute approximate surface area is 83.2 Å². The lowest BCUT2D eigenvalue weighted by atomic mass is 10.1. The molecule has 1 saturated carbocycles. The summed E-state index contributed by atoms with van der Waals surface area (Å²) in [5, 5.41) is 9.99. The first-order valence-electron chi connectivity index (χ1n) is 4.53. The third-order valence-corrected chi connectivity index (χ3v) is 3.36. The van der Waals surface area contributed by atoms with Gasteiger partial charge in [-0.25, -0.2) is 0 Å². The average Bonchev–Trinajstić information content (AvgIpc) is 2.84. The molecule has 0 unspecified atom stereocenters. The Kier molecular flexibility index (Phi) is 2.12. The SMILES string of the molecule is CSc1cc(C)ccc1C1(O)CC1. The molecular formula is C11H14OS. The molecule has 1 aromatic rings. The van der Waals surface area contributed by atoms with Crippen LogP contribution >= 0.6 is 11.8 Å². The lowest BCUT2D eigenvalue weighted by Crippen LogP contribution is -2.05. The zero-order chi connectivity index (χ0) is 9.47. The smallest absolute Gasteiger partial charge is 0.0909 e. The molecule has 2 heteroatoms. The van der Waals surface area contributed by atoms with Crippen LogP contribution in [0.3, 0.4) is 0 Å². The summed E-state index contributed by atoms with van der Waals surface area (Å²) in [6.07, 6.45) is 3.90. The summed E-state index contributed by atoms with van der Waals surface area (Å²) in [4.78, 5) is 1.22. The van der Waals surface area contributed by atoms with Gasteiger partial charge in [0.15, 0.2) is 0 Å². The molecule has 13 heavy (non-hydrogen) atoms. The third kappa shape index (κ3) is 1.61. The molecule has 70 valence electrons. The summed E-state index contributed by atoms with van der Waals surface area (Å²) in [5.74, 6) is 0. The zero-order valence-electron chi connectivity index (χ0n) is 8.00. The normalized spacial score (nSPS) is 18.7. The van der Waals surface area contributed by atoms with Gasteiger partial charge in [-0.05, 0) is 43.2 Å². The van der Waals surface area contributed by atoms with E-state index in [9.17, 15) is 5.11 Å². The van der Waals surface area contributed by atoms with Crippen LogP contribution in [0.1, 0.15) is 24.0 Å². The van der Waals surface area contributed by atoms with Crippen molar-refractivity contribution in [2.75, 3.05) is 6.26 Å². The first kappa shape index (κ1) is 9.10. The molecule has 0 aliphatic heterocycles. The van der Waals surface area contributed by atoms with Crippen LogP contribution in [0.15, 0.2) is 23.1 Å². The number of hydrogen-bond donors (Lipinski definition) is 1. The van der Waals surface area contributed by atoms with Crippen LogP contribution in [-0.2, 0) is 5.60 Å². The van der Waals surface area contributed by atoms with Crippen LogP contribution in [0.5, 0.6) is 0 Å². The van der Waals surface area contributed by atoms with Crippen LogP contribution < -0.4 is 0 Å². The molecule has 1 aliphatic rings. The average molecular weight is 194 g/mol. The molecule has 0 spiro atoms. The first-order valence-corrected chi connectivity index (χ1v) is 5.76. The second-order valence-electron chi connectivity index (χ2n) is 3.74. The van der Waals surface area contributed by atoms with Crippen LogP contribution in [-0.4, -0.2) is 11.4 Å². The second-order valence-corrected chi connectivity index (χ2v) is 4.58. The van der Waals surface area contributed by atoms with Gasteiger partial charge in [-0.15, -0.1) is 11.8 Å². The van der Waals surface area contributed by atoms with Crippen molar-refractivity contribution in [3.05, 3.63) is 29.3 Å². The number of aryl methyl sites for hydroxylation is 1. The summed E-state index contributed by atoms with van der Waals surface area (Å²) in [5.41, 5.74) is 1.88. The predicted molar refractivity (Wildman–Crippen MR) is 56.1 cm³/mol. The Bertz CT molecular complexity index is 329. The minimum Gasteiger partial charge on any atom is -0.385 e. The van der Waals surface area contributed by atoms with Crippen molar-refractivity contribution in [2.45, 2.75) is 30.3 Å². The Hall–Kier alpha value is -0.470. The van der Waals surface area contributed by atoms with Gasteiger partial charge in [-0.3, -0.25) is 0 Å². The number of aliphatic hydroxyl groups is 1. The van der Waals surface area contributed by atoms with E-state index in [4.69, 9.17) is 0 Å². The summed E-state index contributed by atoms with van der Waals surface area (Å²) in [6.45, 7) is 2.08. The van der Waals surface area contributed by atoms with E-state index >= 15 is 0 Å². The predicted octanol–water partition coefficient (Wildman–Crippen LogP) is 2.70. The van der Waals surface area contributed by atoms with Gasteiger partial charge in [0.25, 0.3) is 0 Å². The number of hydrogen-bond acceptors (Lipinski definition) is 2. The highest BCUT2D eigenvalue weighted by Gasteiger charge is 2.43. The Balaban J connectivity index is 2.45. The van der Waals surface area contributed by atoms with E-state index in [1.807, 2.05) is 0 Å². The fourth-order valence-electron chi connectivity index (χ4n) is 1.57. The molecule has 0 bridgehead atoms. The lowest BCUT2D eigenvalue weighted by Gasteiger charge is -2.13. The molecule has 2 rings (SSSR count). The fraction of sp³-hybridized carbons (Fsp3) is 0.455. The van der Waals surface area contributed by atoms with E-state index < -0.39 is 5.60 Å². The van der Waals surface area contributed by atoms with E-state index in [1.165, 1.54) is 10.5 Å². The van der Waals surface area contributed by atoms with Crippen molar-refractivity contribution < 1.29 is 5.11 Å². The molecule has 1 aromatic carbocycles. The molecule has 0 atom stereocenters. The van der Waals surface area contributed by atoms with Crippen molar-refractivity contribution in [1.82, 2.24) is 0 Å². The van der Waals surface area contributed by atoms with E-state index in [2.05, 4.69) is 31.4 Å². The third-order valence-electron chi connectivity index (χ3n) is 2.58. The molecule has 0 aromatic heterocycles. The topological polar surface area (TPSA) is 20.2 Å². The lowest BCUT2D eigenvalue weighted by molar-refractivity contribution is 0.148. The molecule has 0 heterocycles. The molecule has 1 aliphatic carbocycles. The zero-order valence-corrected chi connectivity index (χ0v) is 8.82. The standard InChI is InChI=1S/C11H14OS/c1-8-3-4-9(10(7-8)13-2)11(12)5-6-11/h3-4,7,12H,5-6H2,1-2H3. The maximum atomic E-state index is 9.99. The van der Waals surface area contributed by atoms with E-state index in [0.29, 0.717) is 0 Å². The van der Waals surface area contributed by atoms with Gasteiger partial charge in [0.1, 0.15) is 0 Å². The van der Waals surface area contributed by atoms with Crippen molar-refractivity contribution in [2.24, 2.45) is 0 Å². The van der Waals surface area contributed by atoms with Crippen molar-refractivity contribution in [1.29, 1.82) is 0 Å². The van der Waals surface area contributed by atoms with Crippen molar-refractivity contribution in [3.8, 4) is 0 Å². The highest BCUT2D eigenvalue weighted by molar-refractivity contribution is 7.98. The van der Waals surface area contributed by atoms with Gasteiger partial charge < -0.3 is 5.11 Å². The molecule has 1 nitrogen and oxygen atoms in total. The summed E-state index contributed by atoms with van der Waals surface area (Å²) in [6, 6.07) is 6.29. The molecule has 0 amide bonds. The minimum atomic E-state index is -0.494. The monoisotopic (exact) mass is 194 g/mol. The van der Waals surface area contributed by atoms with Gasteiger partial charge in [0, 0.05) is 4.90 Å². The Morgan fingerprint density at radius 1 is 1.38 bits per heavy atom. The van der Waals surface area contributed by atoms with E-state index in [1.54, 1.807) is 11.8 Å². The van der Waals surface area contributed by atoms with Crippen LogP contribution in [0, 0.1) is 6.92 Å². The van der Waals surface area contributed by atoms with E-state index in [-0.39, 0.29) is 0 Å². The molecule has 1 fully saturated rings. The number of benzene rings is 1. The van der Waals surface area contributed by atoms with Crippen molar-refractivity contribution >= 4 is 11.8 Å². The van der Waals surface area contributed by atoms with Crippen LogP contribution in [0.2, 0.25) is 0 Å². The van der Waals surface area contributed by atoms with Crippen LogP contribution in [0.4, 0.5) is 0 Å².